The van der Waals surface area contributed by atoms with Gasteiger partial charge in [0.1, 0.15) is 0 Å². The van der Waals surface area contributed by atoms with Crippen LogP contribution in [-0.4, -0.2) is 29.1 Å². The molecule has 3 rings (SSSR count). The van der Waals surface area contributed by atoms with Crippen molar-refractivity contribution in [2.45, 2.75) is 51.0 Å². The minimum absolute atomic E-state index is 0.359. The lowest BCUT2D eigenvalue weighted by Crippen LogP contribution is -2.40. The van der Waals surface area contributed by atoms with Crippen LogP contribution < -0.4 is 10.6 Å². The Balaban J connectivity index is 1.83. The quantitative estimate of drug-likeness (QED) is 0.821. The molecule has 0 spiro atoms. The normalized spacial score (nSPS) is 25.0. The molecule has 0 amide bonds. The average molecular weight is 246 g/mol. The molecule has 0 radical (unpaired) electrons. The third kappa shape index (κ3) is 2.21. The summed E-state index contributed by atoms with van der Waals surface area (Å²) >= 11 is 0. The summed E-state index contributed by atoms with van der Waals surface area (Å²) in [5, 5.41) is 0. The minimum atomic E-state index is 0.359. The molecule has 1 fully saturated rings. The zero-order valence-electron chi connectivity index (χ0n) is 11.1. The van der Waals surface area contributed by atoms with Crippen LogP contribution >= 0.6 is 0 Å². The van der Waals surface area contributed by atoms with Gasteiger partial charge in [-0.25, -0.2) is 9.97 Å². The van der Waals surface area contributed by atoms with E-state index in [1.165, 1.54) is 24.1 Å². The number of fused-ring (bicyclic) bond motifs is 1. The highest BCUT2D eigenvalue weighted by atomic mass is 15.3. The van der Waals surface area contributed by atoms with Crippen LogP contribution in [0, 0.1) is 0 Å². The first kappa shape index (κ1) is 11.9. The van der Waals surface area contributed by atoms with Crippen LogP contribution in [0.3, 0.4) is 0 Å². The maximum Gasteiger partial charge on any atom is 0.225 e. The van der Waals surface area contributed by atoms with E-state index in [1.54, 1.807) is 0 Å². The molecule has 4 nitrogen and oxygen atoms in total. The number of rotatable bonds is 1. The Bertz CT molecular complexity index is 424. The van der Waals surface area contributed by atoms with Gasteiger partial charge in [0.25, 0.3) is 0 Å². The van der Waals surface area contributed by atoms with Gasteiger partial charge in [-0.05, 0) is 43.6 Å². The molecule has 1 saturated heterocycles. The first-order chi connectivity index (χ1) is 8.74. The third-order valence-corrected chi connectivity index (χ3v) is 4.26. The lowest BCUT2D eigenvalue weighted by Gasteiger charge is -2.31. The van der Waals surface area contributed by atoms with E-state index in [4.69, 9.17) is 10.7 Å². The molecule has 1 aromatic rings. The van der Waals surface area contributed by atoms with Crippen LogP contribution in [0.2, 0.25) is 0 Å². The number of hydrogen-bond acceptors (Lipinski definition) is 4. The Hall–Kier alpha value is -1.16. The fourth-order valence-corrected chi connectivity index (χ4v) is 3.02. The smallest absolute Gasteiger partial charge is 0.225 e. The van der Waals surface area contributed by atoms with Gasteiger partial charge in [0.05, 0.1) is 5.69 Å². The van der Waals surface area contributed by atoms with Gasteiger partial charge in [-0.15, -0.1) is 0 Å². The first-order valence-electron chi connectivity index (χ1n) is 7.10. The second-order valence-electron chi connectivity index (χ2n) is 5.70. The van der Waals surface area contributed by atoms with Gasteiger partial charge in [0.15, 0.2) is 0 Å². The zero-order chi connectivity index (χ0) is 12.5. The Morgan fingerprint density at radius 2 is 2.06 bits per heavy atom. The summed E-state index contributed by atoms with van der Waals surface area (Å²) in [7, 11) is 0. The van der Waals surface area contributed by atoms with Crippen molar-refractivity contribution in [3.05, 3.63) is 17.5 Å². The predicted octanol–water partition coefficient (Wildman–Crippen LogP) is 1.84. The van der Waals surface area contributed by atoms with E-state index in [0.29, 0.717) is 12.0 Å². The highest BCUT2D eigenvalue weighted by molar-refractivity contribution is 5.36. The van der Waals surface area contributed by atoms with Gasteiger partial charge in [-0.1, -0.05) is 6.92 Å². The largest absolute Gasteiger partial charge is 0.341 e. The van der Waals surface area contributed by atoms with E-state index in [-0.39, 0.29) is 0 Å². The molecule has 1 aromatic heterocycles. The zero-order valence-corrected chi connectivity index (χ0v) is 11.1. The predicted molar refractivity (Wildman–Crippen MR) is 72.8 cm³/mol. The molecule has 0 saturated carbocycles. The van der Waals surface area contributed by atoms with Crippen LogP contribution in [0.25, 0.3) is 0 Å². The Morgan fingerprint density at radius 1 is 1.28 bits per heavy atom. The number of aryl methyl sites for hydroxylation is 1. The first-order valence-corrected chi connectivity index (χ1v) is 7.10. The molecule has 2 N–H and O–H groups in total. The maximum absolute atomic E-state index is 5.94. The van der Waals surface area contributed by atoms with Crippen molar-refractivity contribution in [3.8, 4) is 0 Å². The molecule has 18 heavy (non-hydrogen) atoms. The van der Waals surface area contributed by atoms with Crippen molar-refractivity contribution in [1.82, 2.24) is 9.97 Å². The third-order valence-electron chi connectivity index (χ3n) is 4.26. The lowest BCUT2D eigenvalue weighted by molar-refractivity contribution is 0.492. The molecule has 4 heteroatoms. The van der Waals surface area contributed by atoms with Crippen LogP contribution in [0.15, 0.2) is 6.20 Å². The molecule has 0 aromatic carbocycles. The molecule has 2 aliphatic rings. The standard InChI is InChI=1S/C14H22N4/c1-10-3-2-4-11-9-16-14(17-13(10)11)18-7-5-12(15)6-8-18/h9-10,12H,2-8,15H2,1H3. The van der Waals surface area contributed by atoms with E-state index in [0.717, 1.165) is 38.3 Å². The van der Waals surface area contributed by atoms with Crippen molar-refractivity contribution in [2.24, 2.45) is 5.73 Å². The summed E-state index contributed by atoms with van der Waals surface area (Å²) in [5.74, 6) is 1.50. The number of nitrogens with two attached hydrogens (primary N) is 1. The van der Waals surface area contributed by atoms with E-state index in [9.17, 15) is 0 Å². The topological polar surface area (TPSA) is 55.0 Å². The number of piperidine rings is 1. The van der Waals surface area contributed by atoms with E-state index in [2.05, 4.69) is 16.8 Å². The van der Waals surface area contributed by atoms with Crippen LogP contribution in [0.4, 0.5) is 5.95 Å². The summed E-state index contributed by atoms with van der Waals surface area (Å²) in [6, 6.07) is 0.359. The summed E-state index contributed by atoms with van der Waals surface area (Å²) in [6.07, 6.45) is 7.82. The van der Waals surface area contributed by atoms with Gasteiger partial charge in [-0.2, -0.15) is 0 Å². The Kier molecular flexibility index (Phi) is 3.20. The maximum atomic E-state index is 5.94. The second kappa shape index (κ2) is 4.84. The fraction of sp³-hybridized carbons (Fsp3) is 0.714. The molecule has 1 atom stereocenters. The Labute approximate surface area is 109 Å². The summed E-state index contributed by atoms with van der Waals surface area (Å²) < 4.78 is 0. The molecule has 1 aliphatic carbocycles. The molecule has 98 valence electrons. The van der Waals surface area contributed by atoms with Crippen molar-refractivity contribution in [2.75, 3.05) is 18.0 Å². The van der Waals surface area contributed by atoms with Crippen molar-refractivity contribution in [3.63, 3.8) is 0 Å². The van der Waals surface area contributed by atoms with Crippen molar-refractivity contribution < 1.29 is 0 Å². The molecule has 2 heterocycles. The van der Waals surface area contributed by atoms with Crippen LogP contribution in [0.1, 0.15) is 49.8 Å². The second-order valence-corrected chi connectivity index (χ2v) is 5.70. The summed E-state index contributed by atoms with van der Waals surface area (Å²) in [4.78, 5) is 11.6. The summed E-state index contributed by atoms with van der Waals surface area (Å²) in [5.41, 5.74) is 8.57. The summed E-state index contributed by atoms with van der Waals surface area (Å²) in [6.45, 7) is 4.27. The molecule has 1 aliphatic heterocycles. The molecular weight excluding hydrogens is 224 g/mol. The fourth-order valence-electron chi connectivity index (χ4n) is 3.02. The Morgan fingerprint density at radius 3 is 2.83 bits per heavy atom. The monoisotopic (exact) mass is 246 g/mol. The highest BCUT2D eigenvalue weighted by Gasteiger charge is 2.22. The SMILES string of the molecule is CC1CCCc2cnc(N3CCC(N)CC3)nc21. The average Bonchev–Trinajstić information content (AvgIpc) is 2.40. The van der Waals surface area contributed by atoms with E-state index in [1.807, 2.05) is 6.20 Å². The van der Waals surface area contributed by atoms with Gasteiger partial charge in [0, 0.05) is 25.3 Å². The lowest BCUT2D eigenvalue weighted by atomic mass is 9.89. The molecule has 1 unspecified atom stereocenters. The van der Waals surface area contributed by atoms with E-state index < -0.39 is 0 Å². The van der Waals surface area contributed by atoms with Crippen molar-refractivity contribution >= 4 is 5.95 Å². The van der Waals surface area contributed by atoms with Gasteiger partial charge < -0.3 is 10.6 Å². The van der Waals surface area contributed by atoms with Crippen LogP contribution in [0.5, 0.6) is 0 Å². The van der Waals surface area contributed by atoms with Gasteiger partial charge in [0.2, 0.25) is 5.95 Å². The van der Waals surface area contributed by atoms with Gasteiger partial charge >= 0.3 is 0 Å². The molecular formula is C14H22N4. The van der Waals surface area contributed by atoms with Gasteiger partial charge in [-0.3, -0.25) is 0 Å². The molecule has 0 bridgehead atoms. The number of hydrogen-bond donors (Lipinski definition) is 1. The minimum Gasteiger partial charge on any atom is -0.341 e. The highest BCUT2D eigenvalue weighted by Crippen LogP contribution is 2.30. The number of nitrogens with zero attached hydrogens (tertiary/aromatic N) is 3. The van der Waals surface area contributed by atoms with Crippen molar-refractivity contribution in [1.29, 1.82) is 0 Å². The van der Waals surface area contributed by atoms with E-state index >= 15 is 0 Å². The van der Waals surface area contributed by atoms with Crippen LogP contribution in [-0.2, 0) is 6.42 Å². The number of anilines is 1. The number of aromatic nitrogens is 2.